The molecular weight excluding hydrogens is 564 g/mol. The highest BCUT2D eigenvalue weighted by atomic mass is 79.9. The van der Waals surface area contributed by atoms with Gasteiger partial charge in [-0.1, -0.05) is 58.4 Å². The Morgan fingerprint density at radius 3 is 2.39 bits per heavy atom. The van der Waals surface area contributed by atoms with Gasteiger partial charge in [0.2, 0.25) is 5.91 Å². The van der Waals surface area contributed by atoms with Gasteiger partial charge in [0.15, 0.2) is 0 Å². The highest BCUT2D eigenvalue weighted by molar-refractivity contribution is 9.10. The molecule has 4 rings (SSSR count). The lowest BCUT2D eigenvalue weighted by molar-refractivity contribution is -0.114. The number of pyridine rings is 1. The normalized spacial score (nSPS) is 10.9. The molecule has 38 heavy (non-hydrogen) atoms. The summed E-state index contributed by atoms with van der Waals surface area (Å²) < 4.78 is 0.845. The monoisotopic (exact) mass is 586 g/mol. The van der Waals surface area contributed by atoms with Crippen molar-refractivity contribution in [2.75, 3.05) is 16.4 Å². The Hall–Kier alpha value is -4.21. The highest BCUT2D eigenvalue weighted by Crippen LogP contribution is 2.22. The van der Waals surface area contributed by atoms with Crippen molar-refractivity contribution in [3.63, 3.8) is 0 Å². The molecule has 0 atom stereocenters. The molecule has 0 saturated carbocycles. The van der Waals surface area contributed by atoms with E-state index in [1.165, 1.54) is 11.8 Å². The Balaban J connectivity index is 1.46. The maximum atomic E-state index is 13.3. The molecule has 9 heteroatoms. The second-order valence-corrected chi connectivity index (χ2v) is 9.93. The van der Waals surface area contributed by atoms with E-state index in [1.807, 2.05) is 36.4 Å². The van der Waals surface area contributed by atoms with Gasteiger partial charge in [0, 0.05) is 26.8 Å². The number of hydrogen-bond donors (Lipinski definition) is 3. The van der Waals surface area contributed by atoms with E-state index in [2.05, 4.69) is 36.9 Å². The quantitative estimate of drug-likeness (QED) is 0.165. The first-order chi connectivity index (χ1) is 18.5. The van der Waals surface area contributed by atoms with Gasteiger partial charge in [-0.2, -0.15) is 0 Å². The maximum Gasteiger partial charge on any atom is 0.272 e. The number of nitrogens with zero attached hydrogens (tertiary/aromatic N) is 1. The van der Waals surface area contributed by atoms with Crippen LogP contribution >= 0.6 is 27.7 Å². The zero-order chi connectivity index (χ0) is 26.7. The molecule has 0 saturated heterocycles. The van der Waals surface area contributed by atoms with Crippen LogP contribution in [0.3, 0.4) is 0 Å². The molecule has 0 fully saturated rings. The largest absolute Gasteiger partial charge is 0.321 e. The topological polar surface area (TPSA) is 100 Å². The highest BCUT2D eigenvalue weighted by Gasteiger charge is 2.15. The summed E-state index contributed by atoms with van der Waals surface area (Å²) >= 11 is 4.76. The van der Waals surface area contributed by atoms with Crippen molar-refractivity contribution in [2.24, 2.45) is 0 Å². The minimum absolute atomic E-state index is 0.0877. The van der Waals surface area contributed by atoms with Gasteiger partial charge in [-0.3, -0.25) is 14.4 Å². The molecule has 7 nitrogen and oxygen atoms in total. The number of carbonyl (C=O) groups excluding carboxylic acids is 3. The summed E-state index contributed by atoms with van der Waals surface area (Å²) in [5, 5.41) is 8.31. The Morgan fingerprint density at radius 1 is 0.842 bits per heavy atom. The lowest BCUT2D eigenvalue weighted by atomic mass is 10.1. The smallest absolute Gasteiger partial charge is 0.272 e. The third-order valence-corrected chi connectivity index (χ3v) is 6.57. The van der Waals surface area contributed by atoms with Gasteiger partial charge in [-0.05, 0) is 66.2 Å². The van der Waals surface area contributed by atoms with Gasteiger partial charge in [0.1, 0.15) is 11.5 Å². The van der Waals surface area contributed by atoms with E-state index in [4.69, 9.17) is 0 Å². The van der Waals surface area contributed by atoms with Crippen LogP contribution in [-0.4, -0.2) is 28.5 Å². The third kappa shape index (κ3) is 8.16. The van der Waals surface area contributed by atoms with Crippen LogP contribution in [-0.2, 0) is 9.59 Å². The van der Waals surface area contributed by atoms with Crippen LogP contribution in [0.1, 0.15) is 15.9 Å². The Morgan fingerprint density at radius 2 is 1.63 bits per heavy atom. The van der Waals surface area contributed by atoms with E-state index in [0.29, 0.717) is 17.1 Å². The van der Waals surface area contributed by atoms with Crippen molar-refractivity contribution in [1.82, 2.24) is 10.3 Å². The number of carbonyl (C=O) groups is 3. The number of hydrogen-bond acceptors (Lipinski definition) is 5. The van der Waals surface area contributed by atoms with Gasteiger partial charge < -0.3 is 16.0 Å². The molecule has 0 radical (unpaired) electrons. The van der Waals surface area contributed by atoms with E-state index in [9.17, 15) is 14.4 Å². The molecule has 0 unspecified atom stereocenters. The minimum Gasteiger partial charge on any atom is -0.321 e. The molecule has 1 heterocycles. The van der Waals surface area contributed by atoms with Crippen molar-refractivity contribution in [3.8, 4) is 0 Å². The summed E-state index contributed by atoms with van der Waals surface area (Å²) in [6.07, 6.45) is 3.22. The van der Waals surface area contributed by atoms with Crippen LogP contribution in [0.15, 0.2) is 118 Å². The van der Waals surface area contributed by atoms with E-state index in [0.717, 1.165) is 14.9 Å². The lowest BCUT2D eigenvalue weighted by Gasteiger charge is -2.12. The molecule has 0 aliphatic rings. The predicted molar refractivity (Wildman–Crippen MR) is 155 cm³/mol. The Labute approximate surface area is 232 Å². The molecule has 3 aromatic carbocycles. The van der Waals surface area contributed by atoms with Gasteiger partial charge in [-0.15, -0.1) is 11.8 Å². The van der Waals surface area contributed by atoms with Crippen molar-refractivity contribution >= 4 is 63.0 Å². The van der Waals surface area contributed by atoms with Gasteiger partial charge >= 0.3 is 0 Å². The van der Waals surface area contributed by atoms with Crippen LogP contribution < -0.4 is 16.0 Å². The summed E-state index contributed by atoms with van der Waals surface area (Å²) in [6.45, 7) is 0. The number of amides is 3. The maximum absolute atomic E-state index is 13.3. The van der Waals surface area contributed by atoms with Crippen LogP contribution in [0, 0.1) is 0 Å². The standard InChI is InChI=1S/C29H23BrN4O3S/c30-22-11-6-8-20(16-22)17-25(33-28(36)21-9-2-1-3-10-21)29(37)32-23-12-7-13-24(18-23)38-19-27(35)34-26-14-4-5-15-31-26/h1-18H,19H2,(H,32,37)(H,33,36)(H,31,34,35)/b25-17+. The number of benzene rings is 3. The van der Waals surface area contributed by atoms with Crippen molar-refractivity contribution in [3.05, 3.63) is 125 Å². The second kappa shape index (κ2) is 13.4. The van der Waals surface area contributed by atoms with E-state index in [-0.39, 0.29) is 17.4 Å². The summed E-state index contributed by atoms with van der Waals surface area (Å²) in [6, 6.07) is 28.5. The van der Waals surface area contributed by atoms with E-state index in [1.54, 1.807) is 72.9 Å². The predicted octanol–water partition coefficient (Wildman–Crippen LogP) is 5.98. The number of halogens is 1. The fourth-order valence-electron chi connectivity index (χ4n) is 3.33. The van der Waals surface area contributed by atoms with Gasteiger partial charge in [0.05, 0.1) is 5.75 Å². The number of rotatable bonds is 9. The average Bonchev–Trinajstić information content (AvgIpc) is 2.93. The first-order valence-corrected chi connectivity index (χ1v) is 13.3. The van der Waals surface area contributed by atoms with E-state index < -0.39 is 11.8 Å². The zero-order valence-electron chi connectivity index (χ0n) is 20.1. The molecule has 190 valence electrons. The Bertz CT molecular complexity index is 1460. The molecular formula is C29H23BrN4O3S. The summed E-state index contributed by atoms with van der Waals surface area (Å²) in [5.74, 6) is -0.406. The van der Waals surface area contributed by atoms with Crippen LogP contribution in [0.2, 0.25) is 0 Å². The van der Waals surface area contributed by atoms with Gasteiger partial charge in [-0.25, -0.2) is 4.98 Å². The average molecular weight is 587 g/mol. The van der Waals surface area contributed by atoms with Crippen LogP contribution in [0.4, 0.5) is 11.5 Å². The third-order valence-electron chi connectivity index (χ3n) is 5.08. The first kappa shape index (κ1) is 26.8. The number of nitrogens with one attached hydrogen (secondary N) is 3. The molecule has 0 aliphatic heterocycles. The minimum atomic E-state index is -0.482. The SMILES string of the molecule is O=C(CSc1cccc(NC(=O)/C(=C\c2cccc(Br)c2)NC(=O)c2ccccc2)c1)Nc1ccccn1. The van der Waals surface area contributed by atoms with Crippen LogP contribution in [0.5, 0.6) is 0 Å². The van der Waals surface area contributed by atoms with Crippen molar-refractivity contribution in [1.29, 1.82) is 0 Å². The molecule has 0 aliphatic carbocycles. The molecule has 0 bridgehead atoms. The number of aromatic nitrogens is 1. The van der Waals surface area contributed by atoms with Gasteiger partial charge in [0.25, 0.3) is 11.8 Å². The number of thioether (sulfide) groups is 1. The van der Waals surface area contributed by atoms with Crippen molar-refractivity contribution in [2.45, 2.75) is 4.90 Å². The van der Waals surface area contributed by atoms with Crippen molar-refractivity contribution < 1.29 is 14.4 Å². The second-order valence-electron chi connectivity index (χ2n) is 7.97. The molecule has 1 aromatic heterocycles. The summed E-state index contributed by atoms with van der Waals surface area (Å²) in [4.78, 5) is 43.2. The molecule has 4 aromatic rings. The fourth-order valence-corrected chi connectivity index (χ4v) is 4.50. The molecule has 0 spiro atoms. The zero-order valence-corrected chi connectivity index (χ0v) is 22.5. The molecule has 3 amide bonds. The van der Waals surface area contributed by atoms with Crippen LogP contribution in [0.25, 0.3) is 6.08 Å². The Kier molecular flexibility index (Phi) is 9.44. The number of anilines is 2. The lowest BCUT2D eigenvalue weighted by Crippen LogP contribution is -2.30. The van der Waals surface area contributed by atoms with E-state index >= 15 is 0 Å². The molecule has 3 N–H and O–H groups in total. The summed E-state index contributed by atoms with van der Waals surface area (Å²) in [7, 11) is 0. The first-order valence-electron chi connectivity index (χ1n) is 11.5. The fraction of sp³-hybridized carbons (Fsp3) is 0.0345. The summed E-state index contributed by atoms with van der Waals surface area (Å²) in [5.41, 5.74) is 1.79.